The third-order valence-corrected chi connectivity index (χ3v) is 11.0. The zero-order valence-corrected chi connectivity index (χ0v) is 25.2. The summed E-state index contributed by atoms with van der Waals surface area (Å²) in [6.45, 7) is 0. The Morgan fingerprint density at radius 3 is 1.58 bits per heavy atom. The van der Waals surface area contributed by atoms with E-state index in [0.29, 0.717) is 0 Å². The molecule has 8 aromatic rings. The maximum absolute atomic E-state index is 2.56. The summed E-state index contributed by atoms with van der Waals surface area (Å²) in [6, 6.07) is 54.9. The first-order chi connectivity index (χ1) is 22.3. The van der Waals surface area contributed by atoms with Crippen molar-refractivity contribution < 1.29 is 0 Å². The van der Waals surface area contributed by atoms with Crippen LogP contribution >= 0.6 is 0 Å². The van der Waals surface area contributed by atoms with Crippen LogP contribution in [0, 0.1) is 0 Å². The minimum Gasteiger partial charge on any atom is -0.0622 e. The molecule has 0 N–H and O–H groups in total. The molecule has 0 heteroatoms. The van der Waals surface area contributed by atoms with Crippen molar-refractivity contribution in [1.29, 1.82) is 0 Å². The highest BCUT2D eigenvalue weighted by atomic mass is 14.5. The van der Waals surface area contributed by atoms with Gasteiger partial charge in [-0.25, -0.2) is 0 Å². The van der Waals surface area contributed by atoms with Crippen LogP contribution in [0.4, 0.5) is 0 Å². The molecule has 0 nitrogen and oxygen atoms in total. The molecule has 0 bridgehead atoms. The van der Waals surface area contributed by atoms with E-state index < -0.39 is 0 Å². The average molecular weight is 573 g/mol. The standard InChI is InChI=1S/C45H32/c1-2-9-29(10-3-1)35-13-4-5-14-36(35)33-19-22-38-39-23-20-34(28-42(39)45(41(38)27-33)25-6-7-26-45)37-21-17-32-16-15-30-11-8-12-31-18-24-40(37)44(32)43(30)31/h1-5,8-24,27-28H,6-7,25-26H2. The molecule has 0 saturated heterocycles. The second kappa shape index (κ2) is 9.40. The van der Waals surface area contributed by atoms with Crippen LogP contribution in [0.25, 0.3) is 76.8 Å². The smallest absolute Gasteiger partial charge is 0.0215 e. The van der Waals surface area contributed by atoms with Crippen LogP contribution in [0.3, 0.4) is 0 Å². The first kappa shape index (κ1) is 25.2. The highest BCUT2D eigenvalue weighted by molar-refractivity contribution is 6.25. The molecule has 8 aromatic carbocycles. The first-order valence-corrected chi connectivity index (χ1v) is 16.4. The summed E-state index contributed by atoms with van der Waals surface area (Å²) in [4.78, 5) is 0. The SMILES string of the molecule is c1ccc(-c2ccccc2-c2ccc3c(c2)C2(CCCC2)c2cc(-c4ccc5ccc6cccc7ccc4c5c67)ccc2-3)cc1. The summed E-state index contributed by atoms with van der Waals surface area (Å²) < 4.78 is 0. The highest BCUT2D eigenvalue weighted by Crippen LogP contribution is 2.58. The molecule has 1 spiro atoms. The normalized spacial score (nSPS) is 14.9. The van der Waals surface area contributed by atoms with E-state index >= 15 is 0 Å². The summed E-state index contributed by atoms with van der Waals surface area (Å²) in [6.07, 6.45) is 5.01. The lowest BCUT2D eigenvalue weighted by Crippen LogP contribution is -2.20. The van der Waals surface area contributed by atoms with Gasteiger partial charge in [-0.05, 0) is 113 Å². The number of fused-ring (bicyclic) bond motifs is 5. The minimum atomic E-state index is 0.0855. The van der Waals surface area contributed by atoms with E-state index in [2.05, 4.69) is 146 Å². The molecule has 10 rings (SSSR count). The maximum atomic E-state index is 2.56. The van der Waals surface area contributed by atoms with Crippen LogP contribution in [0.2, 0.25) is 0 Å². The highest BCUT2D eigenvalue weighted by Gasteiger charge is 2.45. The summed E-state index contributed by atoms with van der Waals surface area (Å²) in [5.41, 5.74) is 13.9. The number of benzene rings is 8. The molecular weight excluding hydrogens is 540 g/mol. The Bertz CT molecular complexity index is 2400. The first-order valence-electron chi connectivity index (χ1n) is 16.4. The van der Waals surface area contributed by atoms with Gasteiger partial charge in [0.15, 0.2) is 0 Å². The van der Waals surface area contributed by atoms with Crippen molar-refractivity contribution in [3.8, 4) is 44.5 Å². The Labute approximate surface area is 263 Å². The zero-order chi connectivity index (χ0) is 29.5. The molecule has 1 saturated carbocycles. The lowest BCUT2D eigenvalue weighted by Gasteiger charge is -2.27. The van der Waals surface area contributed by atoms with Gasteiger partial charge in [-0.3, -0.25) is 0 Å². The molecule has 0 aromatic heterocycles. The van der Waals surface area contributed by atoms with Gasteiger partial charge < -0.3 is 0 Å². The van der Waals surface area contributed by atoms with Gasteiger partial charge in [0.1, 0.15) is 0 Å². The van der Waals surface area contributed by atoms with Crippen LogP contribution < -0.4 is 0 Å². The summed E-state index contributed by atoms with van der Waals surface area (Å²) in [5.74, 6) is 0. The quantitative estimate of drug-likeness (QED) is 0.185. The van der Waals surface area contributed by atoms with Crippen molar-refractivity contribution in [2.75, 3.05) is 0 Å². The van der Waals surface area contributed by atoms with Gasteiger partial charge in [0.25, 0.3) is 0 Å². The summed E-state index contributed by atoms with van der Waals surface area (Å²) in [7, 11) is 0. The van der Waals surface area contributed by atoms with E-state index in [0.717, 1.165) is 0 Å². The predicted molar refractivity (Wildman–Crippen MR) is 191 cm³/mol. The molecule has 2 aliphatic carbocycles. The molecule has 2 aliphatic rings. The van der Waals surface area contributed by atoms with Crippen molar-refractivity contribution in [3.63, 3.8) is 0 Å². The fourth-order valence-corrected chi connectivity index (χ4v) is 8.94. The Morgan fingerprint density at radius 1 is 0.356 bits per heavy atom. The minimum absolute atomic E-state index is 0.0855. The fraction of sp³-hybridized carbons (Fsp3) is 0.111. The second-order valence-electron chi connectivity index (χ2n) is 13.2. The third kappa shape index (κ3) is 3.54. The largest absolute Gasteiger partial charge is 0.0622 e. The Kier molecular flexibility index (Phi) is 5.26. The monoisotopic (exact) mass is 572 g/mol. The van der Waals surface area contributed by atoms with Crippen molar-refractivity contribution in [2.24, 2.45) is 0 Å². The molecule has 0 amide bonds. The number of hydrogen-bond donors (Lipinski definition) is 0. The molecule has 0 aliphatic heterocycles. The maximum Gasteiger partial charge on any atom is 0.0215 e. The van der Waals surface area contributed by atoms with Crippen molar-refractivity contribution in [2.45, 2.75) is 31.1 Å². The molecule has 45 heavy (non-hydrogen) atoms. The lowest BCUT2D eigenvalue weighted by atomic mass is 9.75. The van der Waals surface area contributed by atoms with E-state index in [-0.39, 0.29) is 5.41 Å². The molecule has 0 heterocycles. The van der Waals surface area contributed by atoms with E-state index in [1.807, 2.05) is 0 Å². The van der Waals surface area contributed by atoms with E-state index in [1.165, 1.54) is 114 Å². The predicted octanol–water partition coefficient (Wildman–Crippen LogP) is 12.4. The molecule has 0 atom stereocenters. The van der Waals surface area contributed by atoms with E-state index in [9.17, 15) is 0 Å². The summed E-state index contributed by atoms with van der Waals surface area (Å²) >= 11 is 0. The molecule has 212 valence electrons. The van der Waals surface area contributed by atoms with Crippen LogP contribution in [0.15, 0.2) is 146 Å². The van der Waals surface area contributed by atoms with Crippen LogP contribution in [-0.2, 0) is 5.41 Å². The van der Waals surface area contributed by atoms with Gasteiger partial charge >= 0.3 is 0 Å². The number of rotatable bonds is 3. The van der Waals surface area contributed by atoms with Gasteiger partial charge in [0, 0.05) is 5.41 Å². The molecule has 1 fully saturated rings. The molecular formula is C45H32. The number of hydrogen-bond acceptors (Lipinski definition) is 0. The summed E-state index contributed by atoms with van der Waals surface area (Å²) in [5, 5.41) is 8.10. The average Bonchev–Trinajstić information content (AvgIpc) is 3.71. The Hall–Kier alpha value is -5.20. The van der Waals surface area contributed by atoms with Crippen molar-refractivity contribution in [1.82, 2.24) is 0 Å². The van der Waals surface area contributed by atoms with E-state index in [1.54, 1.807) is 0 Å². The van der Waals surface area contributed by atoms with Crippen LogP contribution in [0.1, 0.15) is 36.8 Å². The molecule has 0 radical (unpaired) electrons. The Balaban J connectivity index is 1.15. The van der Waals surface area contributed by atoms with Crippen molar-refractivity contribution >= 4 is 32.3 Å². The van der Waals surface area contributed by atoms with Gasteiger partial charge in [0.05, 0.1) is 0 Å². The van der Waals surface area contributed by atoms with Crippen LogP contribution in [-0.4, -0.2) is 0 Å². The van der Waals surface area contributed by atoms with Gasteiger partial charge in [-0.15, -0.1) is 0 Å². The second-order valence-corrected chi connectivity index (χ2v) is 13.2. The Morgan fingerprint density at radius 2 is 0.889 bits per heavy atom. The third-order valence-electron chi connectivity index (χ3n) is 11.0. The van der Waals surface area contributed by atoms with E-state index in [4.69, 9.17) is 0 Å². The fourth-order valence-electron chi connectivity index (χ4n) is 8.94. The molecule has 0 unspecified atom stereocenters. The van der Waals surface area contributed by atoms with Gasteiger partial charge in [-0.1, -0.05) is 146 Å². The lowest BCUT2D eigenvalue weighted by molar-refractivity contribution is 0.550. The van der Waals surface area contributed by atoms with Gasteiger partial charge in [0.2, 0.25) is 0 Å². The van der Waals surface area contributed by atoms with Gasteiger partial charge in [-0.2, -0.15) is 0 Å². The zero-order valence-electron chi connectivity index (χ0n) is 25.2. The topological polar surface area (TPSA) is 0 Å². The van der Waals surface area contributed by atoms with Crippen LogP contribution in [0.5, 0.6) is 0 Å². The van der Waals surface area contributed by atoms with Crippen molar-refractivity contribution in [3.05, 3.63) is 157 Å².